The monoisotopic (exact) mass is 264 g/mol. The second-order valence-electron chi connectivity index (χ2n) is 4.62. The Morgan fingerprint density at radius 3 is 2.58 bits per heavy atom. The largest absolute Gasteiger partial charge is 0.393 e. The molecule has 106 valence electrons. The maximum absolute atomic E-state index is 11.4. The van der Waals surface area contributed by atoms with Crippen LogP contribution in [-0.4, -0.2) is 30.3 Å². The van der Waals surface area contributed by atoms with Crippen molar-refractivity contribution in [1.29, 1.82) is 0 Å². The number of aliphatic hydroxyl groups excluding tert-OH is 1. The number of urea groups is 1. The fourth-order valence-corrected chi connectivity index (χ4v) is 1.76. The van der Waals surface area contributed by atoms with Crippen LogP contribution in [0.1, 0.15) is 31.7 Å². The molecule has 4 heteroatoms. The highest BCUT2D eigenvalue weighted by Crippen LogP contribution is 2.01. The number of hydrogen-bond acceptors (Lipinski definition) is 2. The van der Waals surface area contributed by atoms with Gasteiger partial charge in [0.25, 0.3) is 0 Å². The summed E-state index contributed by atoms with van der Waals surface area (Å²) >= 11 is 0. The number of carbonyl (C=O) groups excluding carboxylic acids is 1. The Bertz CT molecular complexity index is 354. The molecule has 0 saturated heterocycles. The lowest BCUT2D eigenvalue weighted by atomic mass is 10.1. The van der Waals surface area contributed by atoms with E-state index in [1.807, 2.05) is 25.1 Å². The first-order chi connectivity index (χ1) is 9.22. The minimum atomic E-state index is -0.321. The van der Waals surface area contributed by atoms with Crippen LogP contribution in [0.3, 0.4) is 0 Å². The van der Waals surface area contributed by atoms with Crippen LogP contribution >= 0.6 is 0 Å². The van der Waals surface area contributed by atoms with Crippen molar-refractivity contribution >= 4 is 6.03 Å². The fourth-order valence-electron chi connectivity index (χ4n) is 1.76. The summed E-state index contributed by atoms with van der Waals surface area (Å²) in [5.74, 6) is 0. The number of rotatable bonds is 8. The lowest BCUT2D eigenvalue weighted by Gasteiger charge is -2.10. The molecule has 0 aliphatic rings. The molecule has 0 aromatic heterocycles. The molecule has 0 aliphatic heterocycles. The first-order valence-corrected chi connectivity index (χ1v) is 6.96. The van der Waals surface area contributed by atoms with Gasteiger partial charge in [-0.25, -0.2) is 4.79 Å². The Balaban J connectivity index is 2.01. The highest BCUT2D eigenvalue weighted by Gasteiger charge is 2.02. The van der Waals surface area contributed by atoms with Gasteiger partial charge >= 0.3 is 6.03 Å². The van der Waals surface area contributed by atoms with Gasteiger partial charge in [-0.1, -0.05) is 37.3 Å². The fraction of sp³-hybridized carbons (Fsp3) is 0.533. The highest BCUT2D eigenvalue weighted by molar-refractivity contribution is 5.73. The van der Waals surface area contributed by atoms with E-state index >= 15 is 0 Å². The normalized spacial score (nSPS) is 11.9. The SMILES string of the molecule is CCC(O)CCNC(=O)NCCCc1ccccc1. The van der Waals surface area contributed by atoms with Gasteiger partial charge in [-0.2, -0.15) is 0 Å². The number of aliphatic hydroxyl groups is 1. The van der Waals surface area contributed by atoms with E-state index < -0.39 is 0 Å². The average molecular weight is 264 g/mol. The highest BCUT2D eigenvalue weighted by atomic mass is 16.3. The van der Waals surface area contributed by atoms with Crippen molar-refractivity contribution in [2.45, 2.75) is 38.7 Å². The van der Waals surface area contributed by atoms with Gasteiger partial charge in [-0.3, -0.25) is 0 Å². The molecular formula is C15H24N2O2. The van der Waals surface area contributed by atoms with Crippen LogP contribution in [0.2, 0.25) is 0 Å². The van der Waals surface area contributed by atoms with Crippen molar-refractivity contribution < 1.29 is 9.90 Å². The molecular weight excluding hydrogens is 240 g/mol. The Kier molecular flexibility index (Phi) is 7.66. The van der Waals surface area contributed by atoms with E-state index in [-0.39, 0.29) is 12.1 Å². The maximum atomic E-state index is 11.4. The summed E-state index contributed by atoms with van der Waals surface area (Å²) in [4.78, 5) is 11.4. The third-order valence-corrected chi connectivity index (χ3v) is 3.00. The number of aryl methyl sites for hydroxylation is 1. The Morgan fingerprint density at radius 1 is 1.21 bits per heavy atom. The van der Waals surface area contributed by atoms with Crippen LogP contribution < -0.4 is 10.6 Å². The number of hydrogen-bond donors (Lipinski definition) is 3. The predicted molar refractivity (Wildman–Crippen MR) is 77.1 cm³/mol. The molecule has 1 unspecified atom stereocenters. The molecule has 0 fully saturated rings. The van der Waals surface area contributed by atoms with Gasteiger partial charge in [0.1, 0.15) is 0 Å². The molecule has 2 amide bonds. The standard InChI is InChI=1S/C15H24N2O2/c1-2-14(18)10-12-17-15(19)16-11-6-9-13-7-4-3-5-8-13/h3-5,7-8,14,18H,2,6,9-12H2,1H3,(H2,16,17,19). The molecule has 1 aromatic carbocycles. The van der Waals surface area contributed by atoms with Gasteiger partial charge < -0.3 is 15.7 Å². The predicted octanol–water partition coefficient (Wildman–Crippen LogP) is 2.08. The summed E-state index contributed by atoms with van der Waals surface area (Å²) in [7, 11) is 0. The lowest BCUT2D eigenvalue weighted by molar-refractivity contribution is 0.160. The number of amides is 2. The van der Waals surface area contributed by atoms with Gasteiger partial charge in [0.05, 0.1) is 6.10 Å². The van der Waals surface area contributed by atoms with Crippen LogP contribution in [0.15, 0.2) is 30.3 Å². The maximum Gasteiger partial charge on any atom is 0.314 e. The average Bonchev–Trinajstić information content (AvgIpc) is 2.44. The number of nitrogens with one attached hydrogen (secondary N) is 2. The Hall–Kier alpha value is -1.55. The van der Waals surface area contributed by atoms with E-state index in [1.165, 1.54) is 5.56 Å². The van der Waals surface area contributed by atoms with E-state index in [9.17, 15) is 9.90 Å². The summed E-state index contributed by atoms with van der Waals surface area (Å²) in [6.07, 6.45) is 2.90. The van der Waals surface area contributed by atoms with Crippen LogP contribution in [0.4, 0.5) is 4.79 Å². The molecule has 0 heterocycles. The molecule has 0 spiro atoms. The van der Waals surface area contributed by atoms with E-state index in [0.29, 0.717) is 19.5 Å². The van der Waals surface area contributed by atoms with Crippen molar-refractivity contribution in [3.8, 4) is 0 Å². The van der Waals surface area contributed by atoms with Crippen molar-refractivity contribution in [1.82, 2.24) is 10.6 Å². The Labute approximate surface area is 115 Å². The smallest absolute Gasteiger partial charge is 0.314 e. The van der Waals surface area contributed by atoms with E-state index in [0.717, 1.165) is 19.3 Å². The Morgan fingerprint density at radius 2 is 1.89 bits per heavy atom. The quantitative estimate of drug-likeness (QED) is 0.630. The second kappa shape index (κ2) is 9.39. The lowest BCUT2D eigenvalue weighted by Crippen LogP contribution is -2.37. The summed E-state index contributed by atoms with van der Waals surface area (Å²) in [6.45, 7) is 3.10. The minimum Gasteiger partial charge on any atom is -0.393 e. The summed E-state index contributed by atoms with van der Waals surface area (Å²) in [5.41, 5.74) is 1.29. The zero-order valence-corrected chi connectivity index (χ0v) is 11.6. The molecule has 3 N–H and O–H groups in total. The van der Waals surface area contributed by atoms with Crippen LogP contribution in [-0.2, 0) is 6.42 Å². The molecule has 4 nitrogen and oxygen atoms in total. The first-order valence-electron chi connectivity index (χ1n) is 6.96. The van der Waals surface area contributed by atoms with Crippen molar-refractivity contribution in [2.24, 2.45) is 0 Å². The third kappa shape index (κ3) is 7.47. The number of benzene rings is 1. The molecule has 1 rings (SSSR count). The van der Waals surface area contributed by atoms with Crippen LogP contribution in [0, 0.1) is 0 Å². The van der Waals surface area contributed by atoms with Crippen molar-refractivity contribution in [2.75, 3.05) is 13.1 Å². The molecule has 1 aromatic rings. The van der Waals surface area contributed by atoms with Crippen LogP contribution in [0.5, 0.6) is 0 Å². The summed E-state index contributed by atoms with van der Waals surface area (Å²) in [5, 5.41) is 14.9. The van der Waals surface area contributed by atoms with Gasteiger partial charge in [0, 0.05) is 13.1 Å². The van der Waals surface area contributed by atoms with Gasteiger partial charge in [-0.15, -0.1) is 0 Å². The first kappa shape index (κ1) is 15.5. The second-order valence-corrected chi connectivity index (χ2v) is 4.62. The van der Waals surface area contributed by atoms with Crippen molar-refractivity contribution in [3.05, 3.63) is 35.9 Å². The third-order valence-electron chi connectivity index (χ3n) is 3.00. The molecule has 0 radical (unpaired) electrons. The van der Waals surface area contributed by atoms with E-state index in [4.69, 9.17) is 0 Å². The van der Waals surface area contributed by atoms with Gasteiger partial charge in [0.15, 0.2) is 0 Å². The molecule has 1 atom stereocenters. The zero-order valence-electron chi connectivity index (χ0n) is 11.6. The number of carbonyl (C=O) groups is 1. The molecule has 0 aliphatic carbocycles. The molecule has 19 heavy (non-hydrogen) atoms. The van der Waals surface area contributed by atoms with E-state index in [2.05, 4.69) is 22.8 Å². The summed E-state index contributed by atoms with van der Waals surface area (Å²) in [6, 6.07) is 10.1. The molecule has 0 bridgehead atoms. The van der Waals surface area contributed by atoms with Gasteiger partial charge in [-0.05, 0) is 31.2 Å². The van der Waals surface area contributed by atoms with Crippen LogP contribution in [0.25, 0.3) is 0 Å². The van der Waals surface area contributed by atoms with Gasteiger partial charge in [0.2, 0.25) is 0 Å². The molecule has 0 saturated carbocycles. The zero-order chi connectivity index (χ0) is 13.9. The minimum absolute atomic E-state index is 0.156. The van der Waals surface area contributed by atoms with Crippen molar-refractivity contribution in [3.63, 3.8) is 0 Å². The topological polar surface area (TPSA) is 61.4 Å². The summed E-state index contributed by atoms with van der Waals surface area (Å²) < 4.78 is 0. The van der Waals surface area contributed by atoms with E-state index in [1.54, 1.807) is 0 Å².